The van der Waals surface area contributed by atoms with Crippen LogP contribution < -0.4 is 0 Å². The van der Waals surface area contributed by atoms with E-state index in [1.54, 1.807) is 0 Å². The highest BCUT2D eigenvalue weighted by Crippen LogP contribution is 2.68. The van der Waals surface area contributed by atoms with Gasteiger partial charge in [-0.15, -0.1) is 6.58 Å². The largest absolute Gasteiger partial charge is 0.374 e. The van der Waals surface area contributed by atoms with Crippen molar-refractivity contribution in [1.29, 1.82) is 0 Å². The molecule has 1 nitrogen and oxygen atoms in total. The van der Waals surface area contributed by atoms with Crippen molar-refractivity contribution in [3.63, 3.8) is 0 Å². The van der Waals surface area contributed by atoms with Crippen LogP contribution in [0.15, 0.2) is 12.7 Å². The van der Waals surface area contributed by atoms with Crippen molar-refractivity contribution in [2.45, 2.75) is 118 Å². The normalized spacial score (nSPS) is 45.6. The molecule has 0 heterocycles. The maximum Gasteiger partial charge on any atom is 0.0648 e. The Morgan fingerprint density at radius 3 is 2.39 bits per heavy atom. The summed E-state index contributed by atoms with van der Waals surface area (Å²) >= 11 is 0. The molecule has 0 aromatic carbocycles. The molecule has 0 saturated heterocycles. The van der Waals surface area contributed by atoms with Gasteiger partial charge in [0.05, 0.1) is 12.7 Å². The molecule has 5 unspecified atom stereocenters. The molecule has 4 rings (SSSR count). The molecule has 4 saturated carbocycles. The fourth-order valence-corrected chi connectivity index (χ4v) is 9.60. The fraction of sp³-hybridized carbons (Fsp3) is 0.933. The molecule has 0 aromatic heterocycles. The SMILES string of the molecule is C=CCOC1CC[C@@]2(C)C(CCC3C2CC[C@@]2(C)C3CC[C@@H]2[C@H](C)CCCC(C)C)C1. The molecular weight excluding hydrogens is 376 g/mol. The van der Waals surface area contributed by atoms with Crippen molar-refractivity contribution in [2.75, 3.05) is 6.61 Å². The molecule has 9 atom stereocenters. The number of ether oxygens (including phenoxy) is 1. The lowest BCUT2D eigenvalue weighted by Crippen LogP contribution is -2.54. The zero-order chi connectivity index (χ0) is 22.2. The van der Waals surface area contributed by atoms with E-state index in [4.69, 9.17) is 4.74 Å². The van der Waals surface area contributed by atoms with E-state index in [9.17, 15) is 0 Å². The van der Waals surface area contributed by atoms with Gasteiger partial charge in [-0.05, 0) is 110 Å². The molecule has 31 heavy (non-hydrogen) atoms. The van der Waals surface area contributed by atoms with Gasteiger partial charge in [-0.2, -0.15) is 0 Å². The lowest BCUT2D eigenvalue weighted by Gasteiger charge is -2.61. The molecule has 0 radical (unpaired) electrons. The molecule has 178 valence electrons. The van der Waals surface area contributed by atoms with E-state index >= 15 is 0 Å². The zero-order valence-electron chi connectivity index (χ0n) is 21.5. The first-order chi connectivity index (χ1) is 14.8. The molecular formula is C30H52O. The van der Waals surface area contributed by atoms with Crippen LogP contribution in [-0.2, 0) is 4.74 Å². The Morgan fingerprint density at radius 2 is 1.65 bits per heavy atom. The predicted molar refractivity (Wildman–Crippen MR) is 133 cm³/mol. The molecule has 0 bridgehead atoms. The van der Waals surface area contributed by atoms with E-state index in [0.717, 1.165) is 48.0 Å². The van der Waals surface area contributed by atoms with Gasteiger partial charge in [0.15, 0.2) is 0 Å². The van der Waals surface area contributed by atoms with Gasteiger partial charge in [0.1, 0.15) is 0 Å². The molecule has 4 aliphatic carbocycles. The van der Waals surface area contributed by atoms with Gasteiger partial charge in [-0.1, -0.05) is 60.0 Å². The van der Waals surface area contributed by atoms with Crippen molar-refractivity contribution in [1.82, 2.24) is 0 Å². The highest BCUT2D eigenvalue weighted by atomic mass is 16.5. The quantitative estimate of drug-likeness (QED) is 0.351. The number of hydrogen-bond donors (Lipinski definition) is 0. The summed E-state index contributed by atoms with van der Waals surface area (Å²) in [6.07, 6.45) is 19.8. The van der Waals surface area contributed by atoms with Crippen LogP contribution >= 0.6 is 0 Å². The Kier molecular flexibility index (Phi) is 7.32. The summed E-state index contributed by atoms with van der Waals surface area (Å²) in [6.45, 7) is 17.4. The van der Waals surface area contributed by atoms with E-state index in [-0.39, 0.29) is 0 Å². The van der Waals surface area contributed by atoms with Gasteiger partial charge in [0.2, 0.25) is 0 Å². The topological polar surface area (TPSA) is 9.23 Å². The summed E-state index contributed by atoms with van der Waals surface area (Å²) in [4.78, 5) is 0. The number of rotatable bonds is 8. The minimum absolute atomic E-state index is 0.490. The second-order valence-corrected chi connectivity index (χ2v) is 13.2. The van der Waals surface area contributed by atoms with E-state index in [1.807, 2.05) is 6.08 Å². The van der Waals surface area contributed by atoms with Gasteiger partial charge >= 0.3 is 0 Å². The zero-order valence-corrected chi connectivity index (χ0v) is 21.5. The first-order valence-electron chi connectivity index (χ1n) is 14.0. The highest BCUT2D eigenvalue weighted by Gasteiger charge is 2.60. The van der Waals surface area contributed by atoms with Gasteiger partial charge < -0.3 is 4.74 Å². The minimum Gasteiger partial charge on any atom is -0.374 e. The third-order valence-corrected chi connectivity index (χ3v) is 11.3. The van der Waals surface area contributed by atoms with Crippen molar-refractivity contribution in [3.05, 3.63) is 12.7 Å². The van der Waals surface area contributed by atoms with Crippen molar-refractivity contribution in [3.8, 4) is 0 Å². The fourth-order valence-electron chi connectivity index (χ4n) is 9.60. The predicted octanol–water partition coefficient (Wildman–Crippen LogP) is 8.68. The molecule has 4 fully saturated rings. The van der Waals surface area contributed by atoms with Crippen LogP contribution in [0.3, 0.4) is 0 Å². The maximum absolute atomic E-state index is 6.12. The van der Waals surface area contributed by atoms with Gasteiger partial charge in [-0.25, -0.2) is 0 Å². The first-order valence-corrected chi connectivity index (χ1v) is 14.0. The second kappa shape index (κ2) is 9.52. The summed E-state index contributed by atoms with van der Waals surface area (Å²) in [5.41, 5.74) is 1.21. The molecule has 0 aromatic rings. The smallest absolute Gasteiger partial charge is 0.0648 e. The molecule has 0 N–H and O–H groups in total. The Balaban J connectivity index is 1.42. The Bertz CT molecular complexity index is 610. The van der Waals surface area contributed by atoms with Crippen LogP contribution in [-0.4, -0.2) is 12.7 Å². The Labute approximate surface area is 194 Å². The van der Waals surface area contributed by atoms with Gasteiger partial charge in [0, 0.05) is 0 Å². The van der Waals surface area contributed by atoms with E-state index in [2.05, 4.69) is 41.2 Å². The van der Waals surface area contributed by atoms with Crippen molar-refractivity contribution < 1.29 is 4.74 Å². The standard InChI is InChI=1S/C30H52O/c1-7-19-31-24-15-17-29(5)23(20-24)11-12-25-27-14-13-26(22(4)10-8-9-21(2)3)30(27,6)18-16-28(25)29/h7,21-28H,1,8-20H2,2-6H3/t22-,23?,24?,25?,26-,27?,28?,29+,30-/m1/s1. The number of fused-ring (bicyclic) bond motifs is 5. The summed E-state index contributed by atoms with van der Waals surface area (Å²) in [5, 5.41) is 0. The molecule has 0 spiro atoms. The van der Waals surface area contributed by atoms with E-state index in [0.29, 0.717) is 16.9 Å². The molecule has 1 heteroatoms. The second-order valence-electron chi connectivity index (χ2n) is 13.2. The minimum atomic E-state index is 0.490. The maximum atomic E-state index is 6.12. The van der Waals surface area contributed by atoms with Crippen LogP contribution in [0.4, 0.5) is 0 Å². The average Bonchev–Trinajstić information content (AvgIpc) is 3.09. The lowest BCUT2D eigenvalue weighted by atomic mass is 9.44. The molecule has 4 aliphatic rings. The monoisotopic (exact) mass is 428 g/mol. The highest BCUT2D eigenvalue weighted by molar-refractivity contribution is 5.09. The summed E-state index contributed by atoms with van der Waals surface area (Å²) in [5.74, 6) is 6.68. The summed E-state index contributed by atoms with van der Waals surface area (Å²) in [6, 6.07) is 0. The third-order valence-electron chi connectivity index (χ3n) is 11.3. The van der Waals surface area contributed by atoms with E-state index < -0.39 is 0 Å². The van der Waals surface area contributed by atoms with Crippen LogP contribution in [0.2, 0.25) is 0 Å². The summed E-state index contributed by atoms with van der Waals surface area (Å²) < 4.78 is 6.12. The summed E-state index contributed by atoms with van der Waals surface area (Å²) in [7, 11) is 0. The molecule has 0 amide bonds. The third kappa shape index (κ3) is 4.43. The number of hydrogen-bond acceptors (Lipinski definition) is 1. The van der Waals surface area contributed by atoms with Crippen LogP contribution in [0.25, 0.3) is 0 Å². The van der Waals surface area contributed by atoms with E-state index in [1.165, 1.54) is 77.0 Å². The van der Waals surface area contributed by atoms with Gasteiger partial charge in [0.25, 0.3) is 0 Å². The Hall–Kier alpha value is -0.300. The van der Waals surface area contributed by atoms with Crippen LogP contribution in [0.1, 0.15) is 112 Å². The van der Waals surface area contributed by atoms with Crippen molar-refractivity contribution >= 4 is 0 Å². The van der Waals surface area contributed by atoms with Crippen LogP contribution in [0.5, 0.6) is 0 Å². The van der Waals surface area contributed by atoms with Crippen LogP contribution in [0, 0.1) is 52.3 Å². The van der Waals surface area contributed by atoms with Gasteiger partial charge in [-0.3, -0.25) is 0 Å². The molecule has 0 aliphatic heterocycles. The Morgan fingerprint density at radius 1 is 0.903 bits per heavy atom. The first kappa shape index (κ1) is 23.8. The lowest BCUT2D eigenvalue weighted by molar-refractivity contribution is -0.135. The average molecular weight is 429 g/mol. The van der Waals surface area contributed by atoms with Crippen molar-refractivity contribution in [2.24, 2.45) is 52.3 Å².